The van der Waals surface area contributed by atoms with Crippen molar-refractivity contribution >= 4 is 54.4 Å². The topological polar surface area (TPSA) is 64.7 Å². The monoisotopic (exact) mass is 702 g/mol. The SMILES string of the molecule is c1ccc(-c2ccc(-c3nc(-c4cccc(-c5cccc6ccc7ccccc7c56)c4)nc(-c4cccc5oc6ncccc6c45)n3)c3ccccc23)cc1. The third-order valence-corrected chi connectivity index (χ3v) is 10.6. The van der Waals surface area contributed by atoms with Crippen LogP contribution >= 0.6 is 0 Å². The molecule has 0 aliphatic rings. The summed E-state index contributed by atoms with van der Waals surface area (Å²) in [6.07, 6.45) is 1.75. The maximum Gasteiger partial charge on any atom is 0.227 e. The lowest BCUT2D eigenvalue weighted by molar-refractivity contribution is 0.654. The lowest BCUT2D eigenvalue weighted by Gasteiger charge is -2.14. The van der Waals surface area contributed by atoms with Crippen LogP contribution in [-0.2, 0) is 0 Å². The zero-order valence-corrected chi connectivity index (χ0v) is 29.5. The van der Waals surface area contributed by atoms with Gasteiger partial charge in [-0.3, -0.25) is 0 Å². The summed E-state index contributed by atoms with van der Waals surface area (Å²) in [5.41, 5.74) is 8.58. The van der Waals surface area contributed by atoms with E-state index in [1.165, 1.54) is 21.5 Å². The van der Waals surface area contributed by atoms with Gasteiger partial charge < -0.3 is 4.42 Å². The van der Waals surface area contributed by atoms with Gasteiger partial charge in [-0.2, -0.15) is 0 Å². The lowest BCUT2D eigenvalue weighted by Crippen LogP contribution is -2.01. The van der Waals surface area contributed by atoms with Gasteiger partial charge in [-0.1, -0.05) is 146 Å². The number of benzene rings is 8. The molecule has 11 rings (SSSR count). The molecule has 0 radical (unpaired) electrons. The van der Waals surface area contributed by atoms with E-state index in [0.29, 0.717) is 23.2 Å². The first-order chi connectivity index (χ1) is 27.3. The first-order valence-corrected chi connectivity index (χ1v) is 18.4. The van der Waals surface area contributed by atoms with E-state index in [1.54, 1.807) is 6.20 Å². The van der Waals surface area contributed by atoms with Gasteiger partial charge in [0.1, 0.15) is 5.58 Å². The molecule has 55 heavy (non-hydrogen) atoms. The van der Waals surface area contributed by atoms with Crippen LogP contribution in [0.3, 0.4) is 0 Å². The third kappa shape index (κ3) is 5.17. The Morgan fingerprint density at radius 2 is 0.964 bits per heavy atom. The van der Waals surface area contributed by atoms with E-state index >= 15 is 0 Å². The maximum absolute atomic E-state index is 6.21. The van der Waals surface area contributed by atoms with E-state index in [2.05, 4.69) is 151 Å². The average Bonchev–Trinajstić information content (AvgIpc) is 3.65. The van der Waals surface area contributed by atoms with Crippen LogP contribution in [0.1, 0.15) is 0 Å². The van der Waals surface area contributed by atoms with Crippen molar-refractivity contribution in [2.45, 2.75) is 0 Å². The minimum Gasteiger partial charge on any atom is -0.438 e. The molecular weight excluding hydrogens is 673 g/mol. The maximum atomic E-state index is 6.21. The number of aromatic nitrogens is 4. The molecule has 3 aromatic heterocycles. The summed E-state index contributed by atoms with van der Waals surface area (Å²) < 4.78 is 6.21. The minimum atomic E-state index is 0.565. The van der Waals surface area contributed by atoms with Gasteiger partial charge in [0, 0.05) is 33.7 Å². The van der Waals surface area contributed by atoms with Crippen LogP contribution in [0.5, 0.6) is 0 Å². The van der Waals surface area contributed by atoms with Gasteiger partial charge in [0.15, 0.2) is 17.5 Å². The minimum absolute atomic E-state index is 0.565. The van der Waals surface area contributed by atoms with Gasteiger partial charge in [-0.05, 0) is 84.9 Å². The smallest absolute Gasteiger partial charge is 0.227 e. The molecule has 11 aromatic rings. The Morgan fingerprint density at radius 3 is 1.85 bits per heavy atom. The molecule has 0 fully saturated rings. The van der Waals surface area contributed by atoms with Crippen LogP contribution in [0, 0.1) is 0 Å². The lowest BCUT2D eigenvalue weighted by atomic mass is 9.93. The molecule has 0 amide bonds. The fraction of sp³-hybridized carbons (Fsp3) is 0. The Bertz CT molecular complexity index is 3280. The predicted molar refractivity (Wildman–Crippen MR) is 225 cm³/mol. The summed E-state index contributed by atoms with van der Waals surface area (Å²) in [6.45, 7) is 0. The molecule has 0 spiro atoms. The summed E-state index contributed by atoms with van der Waals surface area (Å²) in [4.78, 5) is 20.3. The van der Waals surface area contributed by atoms with Gasteiger partial charge >= 0.3 is 0 Å². The second kappa shape index (κ2) is 12.6. The normalized spacial score (nSPS) is 11.6. The number of furan rings is 1. The van der Waals surface area contributed by atoms with Crippen LogP contribution in [0.4, 0.5) is 0 Å². The van der Waals surface area contributed by atoms with Crippen LogP contribution < -0.4 is 0 Å². The second-order valence-electron chi connectivity index (χ2n) is 13.8. The quantitative estimate of drug-likeness (QED) is 0.167. The summed E-state index contributed by atoms with van der Waals surface area (Å²) in [5.74, 6) is 1.75. The summed E-state index contributed by atoms with van der Waals surface area (Å²) >= 11 is 0. The molecule has 0 bridgehead atoms. The molecule has 5 heteroatoms. The molecular formula is C50H30N4O. The number of fused-ring (bicyclic) bond motifs is 7. The highest BCUT2D eigenvalue weighted by Crippen LogP contribution is 2.40. The highest BCUT2D eigenvalue weighted by atomic mass is 16.3. The van der Waals surface area contributed by atoms with Crippen LogP contribution in [0.25, 0.3) is 111 Å². The fourth-order valence-corrected chi connectivity index (χ4v) is 8.08. The summed E-state index contributed by atoms with van der Waals surface area (Å²) in [5, 5.41) is 8.92. The van der Waals surface area contributed by atoms with Gasteiger partial charge in [0.2, 0.25) is 5.71 Å². The van der Waals surface area contributed by atoms with Crippen LogP contribution in [-0.4, -0.2) is 19.9 Å². The molecule has 0 saturated carbocycles. The van der Waals surface area contributed by atoms with Crippen LogP contribution in [0.15, 0.2) is 187 Å². The number of hydrogen-bond donors (Lipinski definition) is 0. The van der Waals surface area contributed by atoms with Gasteiger partial charge in [0.05, 0.1) is 0 Å². The molecule has 0 aliphatic heterocycles. The zero-order valence-electron chi connectivity index (χ0n) is 29.5. The van der Waals surface area contributed by atoms with Crippen molar-refractivity contribution < 1.29 is 4.42 Å². The van der Waals surface area contributed by atoms with Crippen molar-refractivity contribution in [3.05, 3.63) is 182 Å². The van der Waals surface area contributed by atoms with Gasteiger partial charge in [-0.15, -0.1) is 0 Å². The van der Waals surface area contributed by atoms with E-state index in [9.17, 15) is 0 Å². The Morgan fingerprint density at radius 1 is 0.345 bits per heavy atom. The fourth-order valence-electron chi connectivity index (χ4n) is 8.08. The molecule has 3 heterocycles. The molecule has 0 atom stereocenters. The standard InChI is InChI=1S/C50H30N4O/c1-2-12-31(13-3-1)36-27-28-41(40-20-7-6-19-39(36)40)48-52-47(53-49(54-48)42-22-10-24-44-46(42)43-23-11-29-51-50(43)55-44)35-17-8-16-34(30-35)38-21-9-15-33-26-25-32-14-4-5-18-37(32)45(33)38/h1-30H. The number of hydrogen-bond acceptors (Lipinski definition) is 5. The van der Waals surface area contributed by atoms with E-state index < -0.39 is 0 Å². The molecule has 5 nitrogen and oxygen atoms in total. The van der Waals surface area contributed by atoms with Crippen molar-refractivity contribution in [1.29, 1.82) is 0 Å². The third-order valence-electron chi connectivity index (χ3n) is 10.6. The molecule has 0 aliphatic carbocycles. The first-order valence-electron chi connectivity index (χ1n) is 18.4. The van der Waals surface area contributed by atoms with Crippen molar-refractivity contribution in [1.82, 2.24) is 19.9 Å². The first kappa shape index (κ1) is 31.1. The summed E-state index contributed by atoms with van der Waals surface area (Å²) in [6, 6.07) is 61.3. The van der Waals surface area contributed by atoms with Crippen molar-refractivity contribution in [2.75, 3.05) is 0 Å². The number of nitrogens with zero attached hydrogens (tertiary/aromatic N) is 4. The second-order valence-corrected chi connectivity index (χ2v) is 13.8. The highest BCUT2D eigenvalue weighted by Gasteiger charge is 2.20. The molecule has 0 N–H and O–H groups in total. The Kier molecular flexibility index (Phi) is 7.10. The van der Waals surface area contributed by atoms with E-state index in [4.69, 9.17) is 19.4 Å². The Labute approximate surface area is 316 Å². The molecule has 256 valence electrons. The van der Waals surface area contributed by atoms with Crippen molar-refractivity contribution in [3.63, 3.8) is 0 Å². The average molecular weight is 703 g/mol. The molecule has 0 saturated heterocycles. The van der Waals surface area contributed by atoms with Gasteiger partial charge in [0.25, 0.3) is 0 Å². The van der Waals surface area contributed by atoms with E-state index in [0.717, 1.165) is 66.1 Å². The van der Waals surface area contributed by atoms with E-state index in [-0.39, 0.29) is 0 Å². The highest BCUT2D eigenvalue weighted by molar-refractivity contribution is 6.14. The van der Waals surface area contributed by atoms with Crippen molar-refractivity contribution in [3.8, 4) is 56.4 Å². The number of pyridine rings is 1. The van der Waals surface area contributed by atoms with Gasteiger partial charge in [-0.25, -0.2) is 19.9 Å². The zero-order chi connectivity index (χ0) is 36.3. The van der Waals surface area contributed by atoms with E-state index in [1.807, 2.05) is 30.3 Å². The van der Waals surface area contributed by atoms with Crippen molar-refractivity contribution in [2.24, 2.45) is 0 Å². The van der Waals surface area contributed by atoms with Crippen LogP contribution in [0.2, 0.25) is 0 Å². The Balaban J connectivity index is 1.16. The predicted octanol–water partition coefficient (Wildman–Crippen LogP) is 13.0. The number of rotatable bonds is 5. The summed E-state index contributed by atoms with van der Waals surface area (Å²) in [7, 11) is 0. The molecule has 8 aromatic carbocycles. The Hall–Kier alpha value is -7.50. The largest absolute Gasteiger partial charge is 0.438 e. The molecule has 0 unspecified atom stereocenters.